The number of carbonyl (C=O) groups excluding carboxylic acids is 1. The normalized spacial score (nSPS) is 18.9. The van der Waals surface area contributed by atoms with Gasteiger partial charge in [-0.15, -0.1) is 0 Å². The first-order valence-electron chi connectivity index (χ1n) is 6.92. The Hall–Kier alpha value is -1.55. The highest BCUT2D eigenvalue weighted by Crippen LogP contribution is 2.18. The van der Waals surface area contributed by atoms with Crippen LogP contribution in [0.4, 0.5) is 5.69 Å². The Bertz CT molecular complexity index is 425. The summed E-state index contributed by atoms with van der Waals surface area (Å²) < 4.78 is 0. The molecule has 1 aliphatic heterocycles. The second-order valence-electron chi connectivity index (χ2n) is 5.28. The van der Waals surface area contributed by atoms with Crippen molar-refractivity contribution in [2.45, 2.75) is 19.4 Å². The third kappa shape index (κ3) is 3.70. The Kier molecular flexibility index (Phi) is 4.80. The highest BCUT2D eigenvalue weighted by molar-refractivity contribution is 5.79. The number of carbonyl (C=O) groups is 1. The number of hydrogen-bond donors (Lipinski definition) is 2. The standard InChI is InChI=1S/C15H23N3O/c1-18(2)14-8-4-3-6-12(14)11-17-15(19)13-7-5-9-16-10-13/h3-4,6,8,13,16H,5,7,9-11H2,1-2H3,(H,17,19). The molecule has 2 N–H and O–H groups in total. The van der Waals surface area contributed by atoms with Crippen LogP contribution in [0.3, 0.4) is 0 Å². The summed E-state index contributed by atoms with van der Waals surface area (Å²) in [7, 11) is 4.04. The smallest absolute Gasteiger partial charge is 0.224 e. The van der Waals surface area contributed by atoms with Crippen LogP contribution in [0.1, 0.15) is 18.4 Å². The molecule has 1 unspecified atom stereocenters. The average molecular weight is 261 g/mol. The summed E-state index contributed by atoms with van der Waals surface area (Å²) in [6, 6.07) is 8.17. The van der Waals surface area contributed by atoms with Gasteiger partial charge in [0.15, 0.2) is 0 Å². The molecule has 0 aliphatic carbocycles. The maximum Gasteiger partial charge on any atom is 0.224 e. The Morgan fingerprint density at radius 1 is 1.42 bits per heavy atom. The Balaban J connectivity index is 1.93. The van der Waals surface area contributed by atoms with Crippen molar-refractivity contribution in [2.75, 3.05) is 32.1 Å². The first-order chi connectivity index (χ1) is 9.18. The number of nitrogens with zero attached hydrogens (tertiary/aromatic N) is 1. The van der Waals surface area contributed by atoms with Gasteiger partial charge in [-0.25, -0.2) is 0 Å². The van der Waals surface area contributed by atoms with Gasteiger partial charge in [0.05, 0.1) is 5.92 Å². The Labute approximate surface area is 115 Å². The van der Waals surface area contributed by atoms with Gasteiger partial charge in [0.25, 0.3) is 0 Å². The van der Waals surface area contributed by atoms with Crippen LogP contribution < -0.4 is 15.5 Å². The molecular weight excluding hydrogens is 238 g/mol. The summed E-state index contributed by atoms with van der Waals surface area (Å²) in [5.41, 5.74) is 2.31. The lowest BCUT2D eigenvalue weighted by Crippen LogP contribution is -2.40. The fourth-order valence-corrected chi connectivity index (χ4v) is 2.50. The molecular formula is C15H23N3O. The van der Waals surface area contributed by atoms with Crippen LogP contribution >= 0.6 is 0 Å². The molecule has 1 fully saturated rings. The molecule has 104 valence electrons. The quantitative estimate of drug-likeness (QED) is 0.860. The average Bonchev–Trinajstić information content (AvgIpc) is 2.46. The van der Waals surface area contributed by atoms with E-state index >= 15 is 0 Å². The molecule has 1 aromatic rings. The number of rotatable bonds is 4. The third-order valence-corrected chi connectivity index (χ3v) is 3.59. The van der Waals surface area contributed by atoms with Gasteiger partial charge in [-0.3, -0.25) is 4.79 Å². The van der Waals surface area contributed by atoms with Gasteiger partial charge in [-0.05, 0) is 31.0 Å². The second-order valence-corrected chi connectivity index (χ2v) is 5.28. The first-order valence-corrected chi connectivity index (χ1v) is 6.92. The van der Waals surface area contributed by atoms with Crippen LogP contribution in [0.5, 0.6) is 0 Å². The topological polar surface area (TPSA) is 44.4 Å². The molecule has 19 heavy (non-hydrogen) atoms. The van der Waals surface area contributed by atoms with E-state index in [1.807, 2.05) is 26.2 Å². The predicted molar refractivity (Wildman–Crippen MR) is 78.2 cm³/mol. The van der Waals surface area contributed by atoms with E-state index in [4.69, 9.17) is 0 Å². The van der Waals surface area contributed by atoms with Crippen molar-refractivity contribution in [1.29, 1.82) is 0 Å². The zero-order chi connectivity index (χ0) is 13.7. The fraction of sp³-hybridized carbons (Fsp3) is 0.533. The minimum absolute atomic E-state index is 0.125. The van der Waals surface area contributed by atoms with Crippen molar-refractivity contribution < 1.29 is 4.79 Å². The molecule has 1 amide bonds. The van der Waals surface area contributed by atoms with Crippen molar-refractivity contribution in [3.63, 3.8) is 0 Å². The number of nitrogens with one attached hydrogen (secondary N) is 2. The van der Waals surface area contributed by atoms with E-state index in [1.165, 1.54) is 0 Å². The second kappa shape index (κ2) is 6.57. The van der Waals surface area contributed by atoms with E-state index in [2.05, 4.69) is 27.7 Å². The molecule has 1 atom stereocenters. The maximum atomic E-state index is 12.1. The molecule has 0 spiro atoms. The molecule has 2 rings (SSSR count). The number of piperidine rings is 1. The molecule has 0 aromatic heterocycles. The van der Waals surface area contributed by atoms with E-state index < -0.39 is 0 Å². The molecule has 0 radical (unpaired) electrons. The van der Waals surface area contributed by atoms with Gasteiger partial charge >= 0.3 is 0 Å². The van der Waals surface area contributed by atoms with Gasteiger partial charge < -0.3 is 15.5 Å². The van der Waals surface area contributed by atoms with Crippen LogP contribution in [0, 0.1) is 5.92 Å². The lowest BCUT2D eigenvalue weighted by atomic mass is 9.99. The van der Waals surface area contributed by atoms with E-state index in [9.17, 15) is 4.79 Å². The lowest BCUT2D eigenvalue weighted by Gasteiger charge is -2.23. The third-order valence-electron chi connectivity index (χ3n) is 3.59. The summed E-state index contributed by atoms with van der Waals surface area (Å²) in [4.78, 5) is 14.2. The van der Waals surface area contributed by atoms with Crippen LogP contribution in [0.2, 0.25) is 0 Å². The molecule has 4 heteroatoms. The summed E-state index contributed by atoms with van der Waals surface area (Å²) in [5.74, 6) is 0.293. The molecule has 1 heterocycles. The first kappa shape index (κ1) is 13.9. The van der Waals surface area contributed by atoms with Crippen molar-refractivity contribution in [3.05, 3.63) is 29.8 Å². The Morgan fingerprint density at radius 2 is 2.21 bits per heavy atom. The van der Waals surface area contributed by atoms with Gasteiger partial charge in [-0.2, -0.15) is 0 Å². The largest absolute Gasteiger partial charge is 0.377 e. The van der Waals surface area contributed by atoms with Crippen LogP contribution in [-0.4, -0.2) is 33.1 Å². The van der Waals surface area contributed by atoms with Crippen molar-refractivity contribution in [1.82, 2.24) is 10.6 Å². The molecule has 1 aliphatic rings. The fourth-order valence-electron chi connectivity index (χ4n) is 2.50. The molecule has 1 aromatic carbocycles. The van der Waals surface area contributed by atoms with Crippen LogP contribution in [-0.2, 0) is 11.3 Å². The van der Waals surface area contributed by atoms with Gasteiger partial charge in [0, 0.05) is 32.9 Å². The van der Waals surface area contributed by atoms with Gasteiger partial charge in [0.1, 0.15) is 0 Å². The zero-order valence-electron chi connectivity index (χ0n) is 11.8. The van der Waals surface area contributed by atoms with Crippen molar-refractivity contribution in [3.8, 4) is 0 Å². The highest BCUT2D eigenvalue weighted by Gasteiger charge is 2.20. The zero-order valence-corrected chi connectivity index (χ0v) is 11.8. The molecule has 4 nitrogen and oxygen atoms in total. The minimum Gasteiger partial charge on any atom is -0.377 e. The van der Waals surface area contributed by atoms with Crippen molar-refractivity contribution >= 4 is 11.6 Å². The van der Waals surface area contributed by atoms with Crippen LogP contribution in [0.25, 0.3) is 0 Å². The number of anilines is 1. The highest BCUT2D eigenvalue weighted by atomic mass is 16.1. The number of para-hydroxylation sites is 1. The summed E-state index contributed by atoms with van der Waals surface area (Å²) in [5, 5.41) is 6.33. The number of amides is 1. The molecule has 0 saturated carbocycles. The van der Waals surface area contributed by atoms with E-state index in [-0.39, 0.29) is 11.8 Å². The summed E-state index contributed by atoms with van der Waals surface area (Å²) >= 11 is 0. The SMILES string of the molecule is CN(C)c1ccccc1CNC(=O)C1CCCNC1. The number of benzene rings is 1. The predicted octanol–water partition coefficient (Wildman–Crippen LogP) is 1.37. The van der Waals surface area contributed by atoms with Gasteiger partial charge in [0.2, 0.25) is 5.91 Å². The molecule has 1 saturated heterocycles. The van der Waals surface area contributed by atoms with E-state index in [0.29, 0.717) is 6.54 Å². The summed E-state index contributed by atoms with van der Waals surface area (Å²) in [6.45, 7) is 2.44. The van der Waals surface area contributed by atoms with Crippen LogP contribution in [0.15, 0.2) is 24.3 Å². The lowest BCUT2D eigenvalue weighted by molar-refractivity contribution is -0.125. The van der Waals surface area contributed by atoms with E-state index in [1.54, 1.807) is 0 Å². The maximum absolute atomic E-state index is 12.1. The van der Waals surface area contributed by atoms with E-state index in [0.717, 1.165) is 37.2 Å². The minimum atomic E-state index is 0.125. The Morgan fingerprint density at radius 3 is 2.89 bits per heavy atom. The number of hydrogen-bond acceptors (Lipinski definition) is 3. The molecule has 0 bridgehead atoms. The van der Waals surface area contributed by atoms with Crippen molar-refractivity contribution in [2.24, 2.45) is 5.92 Å². The summed E-state index contributed by atoms with van der Waals surface area (Å²) in [6.07, 6.45) is 2.08. The van der Waals surface area contributed by atoms with Gasteiger partial charge in [-0.1, -0.05) is 18.2 Å². The monoisotopic (exact) mass is 261 g/mol.